The van der Waals surface area contributed by atoms with Crippen molar-refractivity contribution in [3.8, 4) is 0 Å². The number of hydrogen-bond donors (Lipinski definition) is 1. The third kappa shape index (κ3) is 2.94. The van der Waals surface area contributed by atoms with Crippen molar-refractivity contribution in [2.75, 3.05) is 0 Å². The Hall–Kier alpha value is -2.19. The maximum absolute atomic E-state index is 11.6. The number of hydrogen-bond acceptors (Lipinski definition) is 2. The molecule has 0 bridgehead atoms. The van der Waals surface area contributed by atoms with E-state index in [4.69, 9.17) is 0 Å². The van der Waals surface area contributed by atoms with Crippen molar-refractivity contribution in [1.82, 2.24) is 4.98 Å². The van der Waals surface area contributed by atoms with Crippen molar-refractivity contribution in [3.05, 3.63) is 83.2 Å². The van der Waals surface area contributed by atoms with Crippen LogP contribution in [0.1, 0.15) is 55.8 Å². The zero-order valence-corrected chi connectivity index (χ0v) is 14.4. The second kappa shape index (κ2) is 7.14. The quantitative estimate of drug-likeness (QED) is 0.767. The van der Waals surface area contributed by atoms with E-state index in [1.807, 2.05) is 49.4 Å². The molecule has 1 N–H and O–H groups in total. The van der Waals surface area contributed by atoms with Crippen molar-refractivity contribution < 1.29 is 5.11 Å². The van der Waals surface area contributed by atoms with E-state index < -0.39 is 5.60 Å². The number of fused-ring (bicyclic) bond motifs is 1. The van der Waals surface area contributed by atoms with E-state index in [0.717, 1.165) is 36.1 Å². The van der Waals surface area contributed by atoms with E-state index in [0.29, 0.717) is 5.92 Å². The molecule has 0 fully saturated rings. The fraction of sp³-hybridized carbons (Fsp3) is 0.318. The summed E-state index contributed by atoms with van der Waals surface area (Å²) in [6.45, 7) is 4.24. The Morgan fingerprint density at radius 1 is 1.17 bits per heavy atom. The smallest absolute Gasteiger partial charge is 0.130 e. The van der Waals surface area contributed by atoms with Crippen LogP contribution < -0.4 is 0 Å². The fourth-order valence-corrected chi connectivity index (χ4v) is 3.74. The molecule has 0 radical (unpaired) electrons. The molecule has 3 rings (SSSR count). The summed E-state index contributed by atoms with van der Waals surface area (Å²) >= 11 is 0. The van der Waals surface area contributed by atoms with Gasteiger partial charge >= 0.3 is 0 Å². The molecule has 1 aromatic heterocycles. The Morgan fingerprint density at radius 2 is 1.96 bits per heavy atom. The average Bonchev–Trinajstić information content (AvgIpc) is 2.88. The molecule has 2 unspecified atom stereocenters. The lowest BCUT2D eigenvalue weighted by atomic mass is 9.86. The number of nitrogens with zero attached hydrogens (tertiary/aromatic N) is 1. The highest BCUT2D eigenvalue weighted by molar-refractivity contribution is 5.59. The fourth-order valence-electron chi connectivity index (χ4n) is 3.74. The molecule has 0 aliphatic heterocycles. The minimum absolute atomic E-state index is 0.296. The van der Waals surface area contributed by atoms with Gasteiger partial charge in [0.05, 0.1) is 5.69 Å². The normalized spacial score (nSPS) is 24.6. The van der Waals surface area contributed by atoms with E-state index in [2.05, 4.69) is 30.1 Å². The summed E-state index contributed by atoms with van der Waals surface area (Å²) in [4.78, 5) is 4.33. The van der Waals surface area contributed by atoms with Crippen LogP contribution >= 0.6 is 0 Å². The standard InChI is InChI=1S/C22H25NO/c1-3-5-11-18-19-12-6-7-13-21(19)22(24,20(18)4-2)15-14-17-10-8-9-16-23-17/h4,6-10,12-16,18,24H,3,5,11H2,1-2H3. The second-order valence-electron chi connectivity index (χ2n) is 6.38. The van der Waals surface area contributed by atoms with Crippen LogP contribution in [0.15, 0.2) is 66.4 Å². The molecule has 24 heavy (non-hydrogen) atoms. The van der Waals surface area contributed by atoms with Crippen LogP contribution in [-0.4, -0.2) is 10.1 Å². The van der Waals surface area contributed by atoms with Gasteiger partial charge in [-0.2, -0.15) is 0 Å². The molecule has 2 nitrogen and oxygen atoms in total. The molecule has 1 aromatic carbocycles. The van der Waals surface area contributed by atoms with E-state index in [-0.39, 0.29) is 0 Å². The van der Waals surface area contributed by atoms with E-state index in [1.54, 1.807) is 6.20 Å². The first-order valence-corrected chi connectivity index (χ1v) is 8.79. The molecule has 1 heterocycles. The molecule has 2 aromatic rings. The topological polar surface area (TPSA) is 33.1 Å². The van der Waals surface area contributed by atoms with Gasteiger partial charge in [-0.1, -0.05) is 56.2 Å². The molecule has 124 valence electrons. The summed E-state index contributed by atoms with van der Waals surface area (Å²) < 4.78 is 0. The van der Waals surface area contributed by atoms with Crippen molar-refractivity contribution in [2.24, 2.45) is 0 Å². The number of rotatable bonds is 5. The SMILES string of the molecule is CC=C1C(CCCC)c2ccccc2C1(O)C=Cc1ccccn1. The number of allylic oxidation sites excluding steroid dienone is 1. The van der Waals surface area contributed by atoms with Crippen LogP contribution in [0.4, 0.5) is 0 Å². The number of pyridine rings is 1. The number of aromatic nitrogens is 1. The third-order valence-corrected chi connectivity index (χ3v) is 4.90. The van der Waals surface area contributed by atoms with Gasteiger partial charge in [0.2, 0.25) is 0 Å². The van der Waals surface area contributed by atoms with Gasteiger partial charge in [-0.15, -0.1) is 0 Å². The first-order chi connectivity index (χ1) is 11.7. The van der Waals surface area contributed by atoms with E-state index in [1.165, 1.54) is 5.56 Å². The minimum atomic E-state index is -1.04. The first kappa shape index (κ1) is 16.7. The van der Waals surface area contributed by atoms with Crippen LogP contribution in [0.25, 0.3) is 6.08 Å². The van der Waals surface area contributed by atoms with Crippen LogP contribution in [-0.2, 0) is 5.60 Å². The van der Waals surface area contributed by atoms with Crippen LogP contribution in [0.5, 0.6) is 0 Å². The maximum Gasteiger partial charge on any atom is 0.130 e. The van der Waals surface area contributed by atoms with Gasteiger partial charge in [-0.3, -0.25) is 4.98 Å². The van der Waals surface area contributed by atoms with Gasteiger partial charge in [-0.25, -0.2) is 0 Å². The van der Waals surface area contributed by atoms with Crippen molar-refractivity contribution >= 4 is 6.08 Å². The highest BCUT2D eigenvalue weighted by Crippen LogP contribution is 2.51. The molecule has 0 amide bonds. The van der Waals surface area contributed by atoms with E-state index in [9.17, 15) is 5.11 Å². The molecular weight excluding hydrogens is 294 g/mol. The molecule has 0 saturated heterocycles. The van der Waals surface area contributed by atoms with Crippen LogP contribution in [0.3, 0.4) is 0 Å². The van der Waals surface area contributed by atoms with Gasteiger partial charge in [0.1, 0.15) is 5.60 Å². The van der Waals surface area contributed by atoms with Gasteiger partial charge < -0.3 is 5.11 Å². The van der Waals surface area contributed by atoms with Crippen molar-refractivity contribution in [3.63, 3.8) is 0 Å². The van der Waals surface area contributed by atoms with E-state index >= 15 is 0 Å². The lowest BCUT2D eigenvalue weighted by Crippen LogP contribution is -2.22. The molecular formula is C22H25NO. The molecule has 2 heteroatoms. The minimum Gasteiger partial charge on any atom is -0.377 e. The molecule has 1 aliphatic rings. The first-order valence-electron chi connectivity index (χ1n) is 8.79. The maximum atomic E-state index is 11.6. The van der Waals surface area contributed by atoms with Gasteiger partial charge in [0.25, 0.3) is 0 Å². The average molecular weight is 319 g/mol. The summed E-state index contributed by atoms with van der Waals surface area (Å²) in [6.07, 6.45) is 11.1. The Morgan fingerprint density at radius 3 is 2.67 bits per heavy atom. The molecule has 1 aliphatic carbocycles. The highest BCUT2D eigenvalue weighted by atomic mass is 16.3. The highest BCUT2D eigenvalue weighted by Gasteiger charge is 2.44. The number of aliphatic hydroxyl groups is 1. The molecule has 0 spiro atoms. The zero-order valence-electron chi connectivity index (χ0n) is 14.4. The Kier molecular flexibility index (Phi) is 4.96. The van der Waals surface area contributed by atoms with Gasteiger partial charge in [0.15, 0.2) is 0 Å². The monoisotopic (exact) mass is 319 g/mol. The predicted octanol–water partition coefficient (Wildman–Crippen LogP) is 5.22. The lowest BCUT2D eigenvalue weighted by Gasteiger charge is -2.24. The summed E-state index contributed by atoms with van der Waals surface area (Å²) in [5, 5.41) is 11.6. The second-order valence-corrected chi connectivity index (χ2v) is 6.38. The Balaban J connectivity index is 2.04. The lowest BCUT2D eigenvalue weighted by molar-refractivity contribution is 0.133. The van der Waals surface area contributed by atoms with Crippen LogP contribution in [0.2, 0.25) is 0 Å². The third-order valence-electron chi connectivity index (χ3n) is 4.90. The Labute approximate surface area is 144 Å². The summed E-state index contributed by atoms with van der Waals surface area (Å²) in [6, 6.07) is 14.1. The summed E-state index contributed by atoms with van der Waals surface area (Å²) in [5.74, 6) is 0.296. The Bertz CT molecular complexity index is 748. The van der Waals surface area contributed by atoms with Crippen molar-refractivity contribution in [1.29, 1.82) is 0 Å². The molecule has 0 saturated carbocycles. The number of benzene rings is 1. The summed E-state index contributed by atoms with van der Waals surface area (Å²) in [7, 11) is 0. The molecule has 2 atom stereocenters. The van der Waals surface area contributed by atoms with Gasteiger partial charge in [0, 0.05) is 12.1 Å². The zero-order chi connectivity index (χ0) is 17.0. The van der Waals surface area contributed by atoms with Crippen LogP contribution in [0, 0.1) is 0 Å². The van der Waals surface area contributed by atoms with Crippen molar-refractivity contribution in [2.45, 2.75) is 44.6 Å². The van der Waals surface area contributed by atoms with Gasteiger partial charge in [-0.05, 0) is 54.3 Å². The predicted molar refractivity (Wildman–Crippen MR) is 99.6 cm³/mol. The summed E-state index contributed by atoms with van der Waals surface area (Å²) in [5.41, 5.74) is 3.17. The largest absolute Gasteiger partial charge is 0.377 e. The number of unbranched alkanes of at least 4 members (excludes halogenated alkanes) is 1.